The molecule has 0 heterocycles. The number of rotatable bonds is 3. The van der Waals surface area contributed by atoms with Crippen molar-refractivity contribution in [2.45, 2.75) is 65.2 Å². The van der Waals surface area contributed by atoms with E-state index < -0.39 is 5.97 Å². The molecule has 0 aromatic rings. The second-order valence-corrected chi connectivity index (χ2v) is 6.64. The maximum atomic E-state index is 11.5. The van der Waals surface area contributed by atoms with Crippen molar-refractivity contribution in [1.29, 1.82) is 0 Å². The van der Waals surface area contributed by atoms with Gasteiger partial charge in [-0.3, -0.25) is 4.79 Å². The van der Waals surface area contributed by atoms with Crippen molar-refractivity contribution >= 4 is 5.97 Å². The van der Waals surface area contributed by atoms with Crippen molar-refractivity contribution in [3.63, 3.8) is 0 Å². The maximum absolute atomic E-state index is 11.5. The molecule has 18 heavy (non-hydrogen) atoms. The van der Waals surface area contributed by atoms with E-state index in [0.29, 0.717) is 11.8 Å². The predicted molar refractivity (Wildman–Crippen MR) is 73.4 cm³/mol. The molecule has 2 fully saturated rings. The van der Waals surface area contributed by atoms with E-state index in [-0.39, 0.29) is 5.92 Å². The fraction of sp³-hybridized carbons (Fsp3) is 0.938. The predicted octanol–water partition coefficient (Wildman–Crippen LogP) is 4.34. The van der Waals surface area contributed by atoms with Crippen LogP contribution < -0.4 is 0 Å². The monoisotopic (exact) mass is 252 g/mol. The van der Waals surface area contributed by atoms with Crippen LogP contribution in [-0.4, -0.2) is 11.1 Å². The van der Waals surface area contributed by atoms with Crippen LogP contribution in [0.5, 0.6) is 0 Å². The summed E-state index contributed by atoms with van der Waals surface area (Å²) in [6, 6.07) is 0. The van der Waals surface area contributed by atoms with Crippen molar-refractivity contribution in [2.24, 2.45) is 29.6 Å². The van der Waals surface area contributed by atoms with Crippen LogP contribution in [0.2, 0.25) is 0 Å². The third kappa shape index (κ3) is 2.89. The highest BCUT2D eigenvalue weighted by Crippen LogP contribution is 2.46. The molecule has 0 aliphatic heterocycles. The van der Waals surface area contributed by atoms with E-state index in [9.17, 15) is 9.90 Å². The summed E-state index contributed by atoms with van der Waals surface area (Å²) in [4.78, 5) is 11.5. The molecule has 5 unspecified atom stereocenters. The Kier molecular flexibility index (Phi) is 4.69. The van der Waals surface area contributed by atoms with E-state index in [1.807, 2.05) is 0 Å². The van der Waals surface area contributed by atoms with Crippen molar-refractivity contribution in [1.82, 2.24) is 0 Å². The first-order chi connectivity index (χ1) is 8.63. The molecule has 0 aromatic heterocycles. The molecule has 0 bridgehead atoms. The molecule has 2 nitrogen and oxygen atoms in total. The van der Waals surface area contributed by atoms with Gasteiger partial charge in [-0.1, -0.05) is 39.5 Å². The van der Waals surface area contributed by atoms with Gasteiger partial charge in [0.05, 0.1) is 5.92 Å². The first-order valence-corrected chi connectivity index (χ1v) is 7.86. The lowest BCUT2D eigenvalue weighted by Crippen LogP contribution is -2.38. The lowest BCUT2D eigenvalue weighted by Gasteiger charge is -2.43. The Balaban J connectivity index is 2.12. The highest BCUT2D eigenvalue weighted by atomic mass is 16.4. The van der Waals surface area contributed by atoms with Gasteiger partial charge < -0.3 is 5.11 Å². The molecule has 2 aliphatic carbocycles. The van der Waals surface area contributed by atoms with E-state index in [1.54, 1.807) is 0 Å². The van der Waals surface area contributed by atoms with Crippen molar-refractivity contribution < 1.29 is 9.90 Å². The molecule has 1 N–H and O–H groups in total. The Morgan fingerprint density at radius 2 is 1.83 bits per heavy atom. The lowest BCUT2D eigenvalue weighted by atomic mass is 9.62. The number of carboxylic acid groups (broad SMARTS) is 1. The van der Waals surface area contributed by atoms with Crippen molar-refractivity contribution in [3.8, 4) is 0 Å². The highest BCUT2D eigenvalue weighted by Gasteiger charge is 2.41. The van der Waals surface area contributed by atoms with Gasteiger partial charge in [0.1, 0.15) is 0 Å². The maximum Gasteiger partial charge on any atom is 0.306 e. The summed E-state index contributed by atoms with van der Waals surface area (Å²) >= 11 is 0. The minimum atomic E-state index is -0.535. The molecule has 0 amide bonds. The summed E-state index contributed by atoms with van der Waals surface area (Å²) in [7, 11) is 0. The molecule has 0 radical (unpaired) electrons. The summed E-state index contributed by atoms with van der Waals surface area (Å²) in [5.41, 5.74) is 0. The molecule has 2 heteroatoms. The third-order valence-corrected chi connectivity index (χ3v) is 5.52. The summed E-state index contributed by atoms with van der Waals surface area (Å²) in [5, 5.41) is 9.48. The van der Waals surface area contributed by atoms with Gasteiger partial charge in [0.15, 0.2) is 0 Å². The summed E-state index contributed by atoms with van der Waals surface area (Å²) < 4.78 is 0. The second-order valence-electron chi connectivity index (χ2n) is 6.64. The van der Waals surface area contributed by atoms with E-state index in [2.05, 4.69) is 13.8 Å². The van der Waals surface area contributed by atoms with E-state index in [4.69, 9.17) is 0 Å². The van der Waals surface area contributed by atoms with Gasteiger partial charge in [-0.2, -0.15) is 0 Å². The second kappa shape index (κ2) is 6.08. The number of hydrogen-bond acceptors (Lipinski definition) is 1. The molecule has 104 valence electrons. The van der Waals surface area contributed by atoms with Crippen LogP contribution >= 0.6 is 0 Å². The zero-order valence-corrected chi connectivity index (χ0v) is 11.9. The van der Waals surface area contributed by atoms with E-state index in [1.165, 1.54) is 32.1 Å². The lowest BCUT2D eigenvalue weighted by molar-refractivity contribution is -0.147. The zero-order chi connectivity index (χ0) is 13.1. The van der Waals surface area contributed by atoms with Gasteiger partial charge in [0.2, 0.25) is 0 Å². The van der Waals surface area contributed by atoms with Crippen LogP contribution in [-0.2, 0) is 4.79 Å². The van der Waals surface area contributed by atoms with Gasteiger partial charge >= 0.3 is 5.97 Å². The zero-order valence-electron chi connectivity index (χ0n) is 11.9. The van der Waals surface area contributed by atoms with Crippen LogP contribution in [0.25, 0.3) is 0 Å². The molecule has 2 rings (SSSR count). The van der Waals surface area contributed by atoms with Gasteiger partial charge in [-0.25, -0.2) is 0 Å². The molecule has 2 aliphatic rings. The Bertz CT molecular complexity index is 287. The van der Waals surface area contributed by atoms with Crippen molar-refractivity contribution in [3.05, 3.63) is 0 Å². The Hall–Kier alpha value is -0.530. The van der Waals surface area contributed by atoms with Gasteiger partial charge in [0.25, 0.3) is 0 Å². The fourth-order valence-electron chi connectivity index (χ4n) is 4.51. The number of aliphatic carboxylic acids is 1. The van der Waals surface area contributed by atoms with Gasteiger partial charge in [-0.15, -0.1) is 0 Å². The molecule has 0 saturated heterocycles. The largest absolute Gasteiger partial charge is 0.481 e. The normalized spacial score (nSPS) is 41.6. The minimum absolute atomic E-state index is 0.0571. The number of carboxylic acids is 1. The topological polar surface area (TPSA) is 37.3 Å². The van der Waals surface area contributed by atoms with E-state index >= 15 is 0 Å². The summed E-state index contributed by atoms with van der Waals surface area (Å²) in [6.07, 6.45) is 9.69. The molecule has 5 atom stereocenters. The summed E-state index contributed by atoms with van der Waals surface area (Å²) in [5.74, 6) is 2.07. The Labute approximate surface area is 111 Å². The van der Waals surface area contributed by atoms with Gasteiger partial charge in [0, 0.05) is 0 Å². The Morgan fingerprint density at radius 3 is 2.50 bits per heavy atom. The van der Waals surface area contributed by atoms with Gasteiger partial charge in [-0.05, 0) is 49.4 Å². The molecule has 2 saturated carbocycles. The van der Waals surface area contributed by atoms with Crippen LogP contribution in [0, 0.1) is 29.6 Å². The average Bonchev–Trinajstić information content (AvgIpc) is 2.38. The number of hydrogen-bond donors (Lipinski definition) is 1. The Morgan fingerprint density at radius 1 is 1.11 bits per heavy atom. The van der Waals surface area contributed by atoms with Crippen LogP contribution in [0.4, 0.5) is 0 Å². The smallest absolute Gasteiger partial charge is 0.306 e. The number of carbonyl (C=O) groups is 1. The first-order valence-electron chi connectivity index (χ1n) is 7.86. The summed E-state index contributed by atoms with van der Waals surface area (Å²) in [6.45, 7) is 4.58. The quantitative estimate of drug-likeness (QED) is 0.811. The van der Waals surface area contributed by atoms with Crippen LogP contribution in [0.1, 0.15) is 65.2 Å². The van der Waals surface area contributed by atoms with Crippen LogP contribution in [0.15, 0.2) is 0 Å². The molecular formula is C16H28O2. The fourth-order valence-corrected chi connectivity index (χ4v) is 4.51. The highest BCUT2D eigenvalue weighted by molar-refractivity contribution is 5.70. The van der Waals surface area contributed by atoms with Crippen molar-refractivity contribution in [2.75, 3.05) is 0 Å². The molecular weight excluding hydrogens is 224 g/mol. The standard InChI is InChI=1S/C16H28O2/c1-3-12-6-4-5-7-13(12)15-10-11(2)8-9-14(15)16(17)18/h11-15H,3-10H2,1-2H3,(H,17,18). The third-order valence-electron chi connectivity index (χ3n) is 5.52. The molecule has 0 aromatic carbocycles. The SMILES string of the molecule is CCC1CCCCC1C1CC(C)CCC1C(=O)O. The average molecular weight is 252 g/mol. The first kappa shape index (κ1) is 13.9. The van der Waals surface area contributed by atoms with E-state index in [0.717, 1.165) is 31.1 Å². The minimum Gasteiger partial charge on any atom is -0.481 e. The van der Waals surface area contributed by atoms with Crippen LogP contribution in [0.3, 0.4) is 0 Å². The molecule has 0 spiro atoms.